The number of nitrogens with zero attached hydrogens (tertiary/aromatic N) is 2. The van der Waals surface area contributed by atoms with Crippen LogP contribution in [-0.4, -0.2) is 36.9 Å². The summed E-state index contributed by atoms with van der Waals surface area (Å²) < 4.78 is 4.82. The Morgan fingerprint density at radius 2 is 2.39 bits per heavy atom. The molecule has 0 N–H and O–H groups in total. The molecular formula is C13H16N2O3. The SMILES string of the molecule is COC(=O)C1CCCCN1c1ncccc1C=O. The first kappa shape index (κ1) is 12.5. The average Bonchev–Trinajstić information content (AvgIpc) is 2.46. The maximum absolute atomic E-state index is 11.8. The van der Waals surface area contributed by atoms with Crippen LogP contribution in [0, 0.1) is 0 Å². The summed E-state index contributed by atoms with van der Waals surface area (Å²) in [7, 11) is 1.38. The molecule has 1 aromatic rings. The van der Waals surface area contributed by atoms with Gasteiger partial charge in [0.15, 0.2) is 6.29 Å². The van der Waals surface area contributed by atoms with Gasteiger partial charge in [0, 0.05) is 12.7 Å². The number of hydrogen-bond acceptors (Lipinski definition) is 5. The van der Waals surface area contributed by atoms with Gasteiger partial charge < -0.3 is 9.64 Å². The molecule has 2 rings (SSSR count). The number of rotatable bonds is 3. The zero-order chi connectivity index (χ0) is 13.0. The van der Waals surface area contributed by atoms with Crippen LogP contribution in [0.1, 0.15) is 29.6 Å². The molecule has 0 saturated carbocycles. The van der Waals surface area contributed by atoms with Crippen LogP contribution in [0.2, 0.25) is 0 Å². The van der Waals surface area contributed by atoms with Crippen molar-refractivity contribution in [2.45, 2.75) is 25.3 Å². The van der Waals surface area contributed by atoms with Gasteiger partial charge in [-0.1, -0.05) is 0 Å². The van der Waals surface area contributed by atoms with Crippen LogP contribution in [0.3, 0.4) is 0 Å². The second-order valence-corrected chi connectivity index (χ2v) is 4.26. The number of aromatic nitrogens is 1. The van der Waals surface area contributed by atoms with Gasteiger partial charge in [-0.25, -0.2) is 9.78 Å². The topological polar surface area (TPSA) is 59.5 Å². The van der Waals surface area contributed by atoms with E-state index in [0.29, 0.717) is 11.4 Å². The van der Waals surface area contributed by atoms with E-state index in [1.54, 1.807) is 18.3 Å². The van der Waals surface area contributed by atoms with E-state index in [1.807, 2.05) is 4.90 Å². The van der Waals surface area contributed by atoms with Gasteiger partial charge in [0.05, 0.1) is 12.7 Å². The smallest absolute Gasteiger partial charge is 0.328 e. The number of anilines is 1. The van der Waals surface area contributed by atoms with Crippen LogP contribution >= 0.6 is 0 Å². The molecule has 1 aliphatic heterocycles. The third kappa shape index (κ3) is 2.34. The first-order valence-corrected chi connectivity index (χ1v) is 6.02. The van der Waals surface area contributed by atoms with Crippen LogP contribution in [0.15, 0.2) is 18.3 Å². The van der Waals surface area contributed by atoms with E-state index in [1.165, 1.54) is 7.11 Å². The molecule has 1 aliphatic rings. The lowest BCUT2D eigenvalue weighted by atomic mass is 10.0. The van der Waals surface area contributed by atoms with Crippen molar-refractivity contribution in [2.24, 2.45) is 0 Å². The second kappa shape index (κ2) is 5.62. The van der Waals surface area contributed by atoms with Crippen LogP contribution in [0.25, 0.3) is 0 Å². The predicted octanol–water partition coefficient (Wildman–Crippen LogP) is 1.43. The van der Waals surface area contributed by atoms with Gasteiger partial charge >= 0.3 is 5.97 Å². The van der Waals surface area contributed by atoms with Gasteiger partial charge in [0.2, 0.25) is 0 Å². The predicted molar refractivity (Wildman–Crippen MR) is 66.6 cm³/mol. The molecule has 2 heterocycles. The zero-order valence-corrected chi connectivity index (χ0v) is 10.3. The molecule has 0 aromatic carbocycles. The highest BCUT2D eigenvalue weighted by atomic mass is 16.5. The van der Waals surface area contributed by atoms with Gasteiger partial charge in [-0.05, 0) is 31.4 Å². The molecule has 0 bridgehead atoms. The summed E-state index contributed by atoms with van der Waals surface area (Å²) >= 11 is 0. The van der Waals surface area contributed by atoms with Gasteiger partial charge in [-0.3, -0.25) is 4.79 Å². The largest absolute Gasteiger partial charge is 0.467 e. The number of ether oxygens (including phenoxy) is 1. The monoisotopic (exact) mass is 248 g/mol. The average molecular weight is 248 g/mol. The van der Waals surface area contributed by atoms with E-state index < -0.39 is 0 Å². The molecule has 0 amide bonds. The lowest BCUT2D eigenvalue weighted by Crippen LogP contribution is -2.46. The number of methoxy groups -OCH3 is 1. The first-order chi connectivity index (χ1) is 8.77. The van der Waals surface area contributed by atoms with Crippen molar-refractivity contribution in [1.29, 1.82) is 0 Å². The Morgan fingerprint density at radius 1 is 1.56 bits per heavy atom. The lowest BCUT2D eigenvalue weighted by Gasteiger charge is -2.35. The summed E-state index contributed by atoms with van der Waals surface area (Å²) in [5, 5.41) is 0. The summed E-state index contributed by atoms with van der Waals surface area (Å²) in [6.45, 7) is 0.720. The summed E-state index contributed by atoms with van der Waals surface area (Å²) in [6.07, 6.45) is 5.11. The molecule has 18 heavy (non-hydrogen) atoms. The number of piperidine rings is 1. The highest BCUT2D eigenvalue weighted by Crippen LogP contribution is 2.25. The molecule has 0 aliphatic carbocycles. The van der Waals surface area contributed by atoms with Gasteiger partial charge in [-0.15, -0.1) is 0 Å². The molecule has 96 valence electrons. The van der Waals surface area contributed by atoms with Crippen molar-refractivity contribution in [1.82, 2.24) is 4.98 Å². The number of hydrogen-bond donors (Lipinski definition) is 0. The van der Waals surface area contributed by atoms with E-state index in [0.717, 1.165) is 32.1 Å². The molecule has 1 atom stereocenters. The highest BCUT2D eigenvalue weighted by molar-refractivity contribution is 5.86. The van der Waals surface area contributed by atoms with E-state index in [4.69, 9.17) is 4.74 Å². The van der Waals surface area contributed by atoms with Crippen molar-refractivity contribution in [3.8, 4) is 0 Å². The zero-order valence-electron chi connectivity index (χ0n) is 10.3. The van der Waals surface area contributed by atoms with Crippen LogP contribution in [0.4, 0.5) is 5.82 Å². The Kier molecular flexibility index (Phi) is 3.92. The van der Waals surface area contributed by atoms with E-state index in [2.05, 4.69) is 4.98 Å². The maximum Gasteiger partial charge on any atom is 0.328 e. The van der Waals surface area contributed by atoms with Gasteiger partial charge in [-0.2, -0.15) is 0 Å². The van der Waals surface area contributed by atoms with Crippen molar-refractivity contribution in [3.63, 3.8) is 0 Å². The number of pyridine rings is 1. The number of esters is 1. The molecule has 1 unspecified atom stereocenters. The Labute approximate surface area is 106 Å². The van der Waals surface area contributed by atoms with Crippen LogP contribution in [-0.2, 0) is 9.53 Å². The van der Waals surface area contributed by atoms with E-state index in [9.17, 15) is 9.59 Å². The minimum Gasteiger partial charge on any atom is -0.467 e. The quantitative estimate of drug-likeness (QED) is 0.598. The first-order valence-electron chi connectivity index (χ1n) is 6.02. The van der Waals surface area contributed by atoms with Crippen molar-refractivity contribution >= 4 is 18.1 Å². The molecular weight excluding hydrogens is 232 g/mol. The summed E-state index contributed by atoms with van der Waals surface area (Å²) in [5.74, 6) is 0.305. The summed E-state index contributed by atoms with van der Waals surface area (Å²) in [6, 6.07) is 3.08. The third-order valence-electron chi connectivity index (χ3n) is 3.19. The number of aldehydes is 1. The van der Waals surface area contributed by atoms with E-state index in [-0.39, 0.29) is 12.0 Å². The van der Waals surface area contributed by atoms with E-state index >= 15 is 0 Å². The number of carbonyl (C=O) groups is 2. The second-order valence-electron chi connectivity index (χ2n) is 4.26. The van der Waals surface area contributed by atoms with Gasteiger partial charge in [0.1, 0.15) is 11.9 Å². The minimum absolute atomic E-state index is 0.266. The fraction of sp³-hybridized carbons (Fsp3) is 0.462. The Hall–Kier alpha value is -1.91. The van der Waals surface area contributed by atoms with Crippen molar-refractivity contribution in [3.05, 3.63) is 23.9 Å². The highest BCUT2D eigenvalue weighted by Gasteiger charge is 2.31. The molecule has 0 spiro atoms. The van der Waals surface area contributed by atoms with Crippen molar-refractivity contribution < 1.29 is 14.3 Å². The van der Waals surface area contributed by atoms with Crippen LogP contribution in [0.5, 0.6) is 0 Å². The fourth-order valence-electron chi connectivity index (χ4n) is 2.31. The Morgan fingerprint density at radius 3 is 3.11 bits per heavy atom. The minimum atomic E-state index is -0.336. The molecule has 5 heteroatoms. The normalized spacial score (nSPS) is 19.4. The van der Waals surface area contributed by atoms with Crippen LogP contribution < -0.4 is 4.90 Å². The van der Waals surface area contributed by atoms with Gasteiger partial charge in [0.25, 0.3) is 0 Å². The third-order valence-corrected chi connectivity index (χ3v) is 3.19. The molecule has 0 radical (unpaired) electrons. The summed E-state index contributed by atoms with van der Waals surface area (Å²) in [4.78, 5) is 28.9. The fourth-order valence-corrected chi connectivity index (χ4v) is 2.31. The molecule has 1 aromatic heterocycles. The molecule has 5 nitrogen and oxygen atoms in total. The Bertz CT molecular complexity index is 448. The van der Waals surface area contributed by atoms with Crippen molar-refractivity contribution in [2.75, 3.05) is 18.6 Å². The summed E-state index contributed by atoms with van der Waals surface area (Å²) in [5.41, 5.74) is 0.508. The molecule has 1 saturated heterocycles. The standard InChI is InChI=1S/C13H16N2O3/c1-18-13(17)11-6-2-3-8-15(11)12-10(9-16)5-4-7-14-12/h4-5,7,9,11H,2-3,6,8H2,1H3. The Balaban J connectivity index is 2.33. The molecule has 1 fully saturated rings. The number of carbonyl (C=O) groups excluding carboxylic acids is 2. The maximum atomic E-state index is 11.8. The lowest BCUT2D eigenvalue weighted by molar-refractivity contribution is -0.142.